The molecule has 0 unspecified atom stereocenters. The van der Waals surface area contributed by atoms with Crippen LogP contribution in [0.25, 0.3) is 5.69 Å². The van der Waals surface area contributed by atoms with Gasteiger partial charge >= 0.3 is 0 Å². The molecule has 0 bridgehead atoms. The van der Waals surface area contributed by atoms with Crippen molar-refractivity contribution in [2.45, 2.75) is 56.3 Å². The lowest BCUT2D eigenvalue weighted by Crippen LogP contribution is -2.45. The van der Waals surface area contributed by atoms with Crippen molar-refractivity contribution in [1.82, 2.24) is 14.7 Å². The molecule has 2 aromatic rings. The molecule has 0 aliphatic carbocycles. The summed E-state index contributed by atoms with van der Waals surface area (Å²) in [5.74, 6) is 0.136. The van der Waals surface area contributed by atoms with Gasteiger partial charge in [-0.25, -0.2) is 4.68 Å². The molecule has 2 rings (SSSR count). The van der Waals surface area contributed by atoms with Crippen LogP contribution in [0.15, 0.2) is 34.7 Å². The quantitative estimate of drug-likeness (QED) is 0.533. The molecule has 0 saturated heterocycles. The van der Waals surface area contributed by atoms with E-state index in [1.807, 2.05) is 69.9 Å². The third-order valence-corrected chi connectivity index (χ3v) is 5.93. The molecular formula is C17H23N3OS3. The van der Waals surface area contributed by atoms with Crippen LogP contribution in [0, 0.1) is 3.95 Å². The van der Waals surface area contributed by atoms with Gasteiger partial charge in [0.1, 0.15) is 0 Å². The molecule has 1 atom stereocenters. The molecule has 7 heteroatoms. The molecule has 4 nitrogen and oxygen atoms in total. The maximum atomic E-state index is 12.7. The van der Waals surface area contributed by atoms with Gasteiger partial charge in [0.05, 0.1) is 10.9 Å². The Labute approximate surface area is 156 Å². The summed E-state index contributed by atoms with van der Waals surface area (Å²) in [4.78, 5) is 14.7. The highest BCUT2D eigenvalue weighted by Gasteiger charge is 2.26. The predicted molar refractivity (Wildman–Crippen MR) is 105 cm³/mol. The number of benzene rings is 1. The number of thioether (sulfide) groups is 1. The standard InChI is InChI=1S/C17H23N3OS3/c1-11(2)19(12(3)4)15(21)13(5)23-16-18-20(17(22)24-16)14-9-7-6-8-10-14/h6-13H,1-5H3/t13-/m1/s1. The van der Waals surface area contributed by atoms with Gasteiger partial charge in [0, 0.05) is 12.1 Å². The van der Waals surface area contributed by atoms with Gasteiger partial charge in [-0.15, -0.1) is 5.10 Å². The van der Waals surface area contributed by atoms with Crippen molar-refractivity contribution >= 4 is 41.2 Å². The first-order valence-electron chi connectivity index (χ1n) is 7.95. The number of amides is 1. The fourth-order valence-corrected chi connectivity index (χ4v) is 5.12. The summed E-state index contributed by atoms with van der Waals surface area (Å²) in [6, 6.07) is 10.2. The van der Waals surface area contributed by atoms with Crippen molar-refractivity contribution in [3.8, 4) is 5.69 Å². The minimum Gasteiger partial charge on any atom is -0.337 e. The smallest absolute Gasteiger partial charge is 0.236 e. The van der Waals surface area contributed by atoms with Crippen LogP contribution >= 0.6 is 35.3 Å². The molecule has 1 amide bonds. The van der Waals surface area contributed by atoms with Gasteiger partial charge < -0.3 is 4.90 Å². The Morgan fingerprint density at radius 3 is 2.29 bits per heavy atom. The molecule has 0 saturated carbocycles. The predicted octanol–water partition coefficient (Wildman–Crippen LogP) is 4.79. The molecule has 0 radical (unpaired) electrons. The van der Waals surface area contributed by atoms with E-state index in [0.29, 0.717) is 3.95 Å². The summed E-state index contributed by atoms with van der Waals surface area (Å²) in [6.07, 6.45) is 0. The second kappa shape index (κ2) is 8.27. The number of rotatable bonds is 6. The lowest BCUT2D eigenvalue weighted by atomic mass is 10.2. The van der Waals surface area contributed by atoms with Crippen LogP contribution < -0.4 is 0 Å². The zero-order valence-corrected chi connectivity index (χ0v) is 17.0. The molecule has 0 aliphatic heterocycles. The number of carbonyl (C=O) groups is 1. The van der Waals surface area contributed by atoms with Crippen LogP contribution in [-0.4, -0.2) is 37.9 Å². The summed E-state index contributed by atoms with van der Waals surface area (Å²) in [6.45, 7) is 10.1. The zero-order valence-electron chi connectivity index (χ0n) is 14.6. The topological polar surface area (TPSA) is 38.1 Å². The van der Waals surface area contributed by atoms with Crippen molar-refractivity contribution in [2.24, 2.45) is 0 Å². The normalized spacial score (nSPS) is 12.6. The Hall–Kier alpha value is -1.18. The minimum absolute atomic E-state index is 0.136. The van der Waals surface area contributed by atoms with Crippen LogP contribution in [0.5, 0.6) is 0 Å². The maximum Gasteiger partial charge on any atom is 0.236 e. The van der Waals surface area contributed by atoms with E-state index in [1.165, 1.54) is 23.1 Å². The Balaban J connectivity index is 2.17. The van der Waals surface area contributed by atoms with Crippen molar-refractivity contribution < 1.29 is 4.79 Å². The fourth-order valence-electron chi connectivity index (χ4n) is 2.56. The van der Waals surface area contributed by atoms with Gasteiger partial charge in [-0.3, -0.25) is 4.79 Å². The molecule has 1 aromatic carbocycles. The number of hydrogen-bond donors (Lipinski definition) is 0. The zero-order chi connectivity index (χ0) is 17.9. The number of nitrogens with zero attached hydrogens (tertiary/aromatic N) is 3. The lowest BCUT2D eigenvalue weighted by molar-refractivity contribution is -0.133. The first-order valence-corrected chi connectivity index (χ1v) is 10.1. The molecule has 1 heterocycles. The molecule has 1 aromatic heterocycles. The molecule has 0 N–H and O–H groups in total. The summed E-state index contributed by atoms with van der Waals surface area (Å²) < 4.78 is 3.26. The van der Waals surface area contributed by atoms with E-state index in [2.05, 4.69) is 5.10 Å². The second-order valence-corrected chi connectivity index (χ2v) is 9.28. The monoisotopic (exact) mass is 381 g/mol. The van der Waals surface area contributed by atoms with E-state index in [0.717, 1.165) is 10.0 Å². The van der Waals surface area contributed by atoms with Gasteiger partial charge in [-0.05, 0) is 59.0 Å². The van der Waals surface area contributed by atoms with Crippen molar-refractivity contribution in [3.05, 3.63) is 34.3 Å². The van der Waals surface area contributed by atoms with E-state index < -0.39 is 0 Å². The lowest BCUT2D eigenvalue weighted by Gasteiger charge is -2.32. The Bertz CT molecular complexity index is 729. The van der Waals surface area contributed by atoms with Gasteiger partial charge in [-0.2, -0.15) is 0 Å². The molecule has 24 heavy (non-hydrogen) atoms. The van der Waals surface area contributed by atoms with Gasteiger partial charge in [-0.1, -0.05) is 41.3 Å². The summed E-state index contributed by atoms with van der Waals surface area (Å²) in [5.41, 5.74) is 0.940. The molecule has 130 valence electrons. The molecule has 0 fully saturated rings. The third kappa shape index (κ3) is 4.46. The molecular weight excluding hydrogens is 358 g/mol. The molecule has 0 spiro atoms. The van der Waals surface area contributed by atoms with E-state index in [9.17, 15) is 4.79 Å². The van der Waals surface area contributed by atoms with Crippen LogP contribution in [0.2, 0.25) is 0 Å². The fraction of sp³-hybridized carbons (Fsp3) is 0.471. The molecule has 0 aliphatic rings. The highest BCUT2D eigenvalue weighted by atomic mass is 32.2. The van der Waals surface area contributed by atoms with Crippen molar-refractivity contribution in [1.29, 1.82) is 0 Å². The third-order valence-electron chi connectivity index (χ3n) is 3.52. The Kier molecular flexibility index (Phi) is 6.60. The number of carbonyl (C=O) groups excluding carboxylic acids is 1. The Morgan fingerprint density at radius 2 is 1.75 bits per heavy atom. The summed E-state index contributed by atoms with van der Waals surface area (Å²) in [7, 11) is 0. The van der Waals surface area contributed by atoms with Crippen LogP contribution in [-0.2, 0) is 4.79 Å². The van der Waals surface area contributed by atoms with Crippen LogP contribution in [0.1, 0.15) is 34.6 Å². The SMILES string of the molecule is CC(C)N(C(=O)[C@@H](C)Sc1nn(-c2ccccc2)c(=S)s1)C(C)C. The van der Waals surface area contributed by atoms with E-state index in [-0.39, 0.29) is 23.2 Å². The van der Waals surface area contributed by atoms with Crippen molar-refractivity contribution in [2.75, 3.05) is 0 Å². The van der Waals surface area contributed by atoms with E-state index >= 15 is 0 Å². The van der Waals surface area contributed by atoms with E-state index in [1.54, 1.807) is 4.68 Å². The van der Waals surface area contributed by atoms with E-state index in [4.69, 9.17) is 12.2 Å². The first-order chi connectivity index (χ1) is 11.3. The summed E-state index contributed by atoms with van der Waals surface area (Å²) >= 11 is 8.33. The Morgan fingerprint density at radius 1 is 1.17 bits per heavy atom. The largest absolute Gasteiger partial charge is 0.337 e. The summed E-state index contributed by atoms with van der Waals surface area (Å²) in [5, 5.41) is 4.38. The average molecular weight is 382 g/mol. The number of aromatic nitrogens is 2. The van der Waals surface area contributed by atoms with Crippen LogP contribution in [0.3, 0.4) is 0 Å². The van der Waals surface area contributed by atoms with Crippen molar-refractivity contribution in [3.63, 3.8) is 0 Å². The van der Waals surface area contributed by atoms with Gasteiger partial charge in [0.25, 0.3) is 0 Å². The maximum absolute atomic E-state index is 12.7. The minimum atomic E-state index is -0.195. The van der Waals surface area contributed by atoms with Gasteiger partial charge in [0.15, 0.2) is 8.29 Å². The highest BCUT2D eigenvalue weighted by Crippen LogP contribution is 2.29. The van der Waals surface area contributed by atoms with Gasteiger partial charge in [0.2, 0.25) is 5.91 Å². The first kappa shape index (κ1) is 19.1. The number of para-hydroxylation sites is 1. The number of hydrogen-bond acceptors (Lipinski definition) is 5. The average Bonchev–Trinajstić information content (AvgIpc) is 2.87. The van der Waals surface area contributed by atoms with Crippen LogP contribution in [0.4, 0.5) is 0 Å². The second-order valence-electron chi connectivity index (χ2n) is 6.07. The highest BCUT2D eigenvalue weighted by molar-refractivity contribution is 8.02.